The van der Waals surface area contributed by atoms with Gasteiger partial charge in [-0.05, 0) is 58.7 Å². The van der Waals surface area contributed by atoms with Crippen LogP contribution >= 0.6 is 0 Å². The van der Waals surface area contributed by atoms with Gasteiger partial charge in [-0.25, -0.2) is 4.98 Å². The molecule has 3 aromatic heterocycles. The van der Waals surface area contributed by atoms with Crippen molar-refractivity contribution in [3.05, 3.63) is 206 Å². The van der Waals surface area contributed by atoms with E-state index in [4.69, 9.17) is 14.4 Å². The van der Waals surface area contributed by atoms with E-state index >= 15 is 0 Å². The number of furan rings is 1. The maximum absolute atomic E-state index is 11.9. The average Bonchev–Trinajstić information content (AvgIpc) is 3.88. The fourth-order valence-electron chi connectivity index (χ4n) is 8.29. The third-order valence-electron chi connectivity index (χ3n) is 11.1. The number of para-hydroxylation sites is 3. The van der Waals surface area contributed by atoms with Crippen LogP contribution in [0.1, 0.15) is 0 Å². The minimum Gasteiger partial charge on any atom is -0.507 e. The van der Waals surface area contributed by atoms with Gasteiger partial charge in [0.2, 0.25) is 0 Å². The Morgan fingerprint density at radius 1 is 0.517 bits per heavy atom. The van der Waals surface area contributed by atoms with Crippen molar-refractivity contribution in [2.24, 2.45) is 0 Å². The monoisotopic (exact) mass is 951 g/mol. The number of phenols is 1. The van der Waals surface area contributed by atoms with E-state index in [-0.39, 0.29) is 26.8 Å². The molecule has 8 aromatic carbocycles. The second kappa shape index (κ2) is 15.4. The molecule has 60 heavy (non-hydrogen) atoms. The molecule has 0 aliphatic rings. The van der Waals surface area contributed by atoms with E-state index < -0.39 is 0 Å². The topological polar surface area (TPSA) is 64.1 Å². The average molecular weight is 952 g/mol. The summed E-state index contributed by atoms with van der Waals surface area (Å²) in [6, 6.07) is 69.7. The molecule has 0 fully saturated rings. The van der Waals surface area contributed by atoms with Crippen molar-refractivity contribution >= 4 is 33.0 Å². The van der Waals surface area contributed by atoms with Crippen molar-refractivity contribution in [2.75, 3.05) is 0 Å². The van der Waals surface area contributed by atoms with Gasteiger partial charge in [0.15, 0.2) is 5.82 Å². The van der Waals surface area contributed by atoms with E-state index in [0.717, 1.165) is 88.8 Å². The first kappa shape index (κ1) is 37.0. The molecule has 0 radical (unpaired) electrons. The van der Waals surface area contributed by atoms with E-state index in [1.807, 2.05) is 66.9 Å². The molecule has 5 nitrogen and oxygen atoms in total. The van der Waals surface area contributed by atoms with Crippen LogP contribution in [0.5, 0.6) is 5.75 Å². The number of imidazole rings is 1. The number of nitrogens with zero attached hydrogens (tertiary/aromatic N) is 3. The van der Waals surface area contributed by atoms with Gasteiger partial charge in [0, 0.05) is 49.3 Å². The van der Waals surface area contributed by atoms with E-state index in [9.17, 15) is 5.11 Å². The molecule has 0 aliphatic carbocycles. The third kappa shape index (κ3) is 6.41. The van der Waals surface area contributed by atoms with Crippen molar-refractivity contribution in [1.29, 1.82) is 0 Å². The molecule has 288 valence electrons. The van der Waals surface area contributed by atoms with Gasteiger partial charge >= 0.3 is 0 Å². The Bertz CT molecular complexity index is 3340. The molecule has 0 atom stereocenters. The number of hydrogen-bond acceptors (Lipinski definition) is 4. The molecular weight excluding hydrogens is 918 g/mol. The fourth-order valence-corrected chi connectivity index (χ4v) is 8.29. The minimum absolute atomic E-state index is 0. The molecule has 3 heterocycles. The molecule has 0 saturated heterocycles. The first-order chi connectivity index (χ1) is 29.2. The smallest absolute Gasteiger partial charge is 0.152 e. The van der Waals surface area contributed by atoms with Crippen molar-refractivity contribution < 1.29 is 30.6 Å². The van der Waals surface area contributed by atoms with Crippen molar-refractivity contribution in [3.8, 4) is 78.6 Å². The SMILES string of the molecule is Oc1ccc2c(oc3ccccc32)c1-c1nc2c(-c3[c-]c(-c4cc(-c5ccccc5)ccn4)cc(-c4ccccc4)c3)cccc2n1-c1ccccc1-c1ccccc1.[Pt]. The van der Waals surface area contributed by atoms with E-state index in [1.165, 1.54) is 0 Å². The van der Waals surface area contributed by atoms with Gasteiger partial charge < -0.3 is 9.52 Å². The second-order valence-electron chi connectivity index (χ2n) is 14.6. The Morgan fingerprint density at radius 2 is 1.17 bits per heavy atom. The molecule has 6 heteroatoms. The molecule has 0 bridgehead atoms. The third-order valence-corrected chi connectivity index (χ3v) is 11.1. The second-order valence-corrected chi connectivity index (χ2v) is 14.6. The molecule has 0 spiro atoms. The Labute approximate surface area is 361 Å². The fraction of sp³-hybridized carbons (Fsp3) is 0. The maximum atomic E-state index is 11.9. The summed E-state index contributed by atoms with van der Waals surface area (Å²) in [5.41, 5.74) is 14.3. The number of phenolic OH excluding ortho intramolecular Hbond substituents is 1. The molecule has 0 unspecified atom stereocenters. The number of rotatable bonds is 7. The summed E-state index contributed by atoms with van der Waals surface area (Å²) in [7, 11) is 0. The molecule has 11 aromatic rings. The molecular formula is C54H34N3O2Pt-. The zero-order chi connectivity index (χ0) is 39.3. The Kier molecular flexibility index (Phi) is 9.52. The normalized spacial score (nSPS) is 11.3. The van der Waals surface area contributed by atoms with Gasteiger partial charge in [0.25, 0.3) is 0 Å². The van der Waals surface area contributed by atoms with Crippen LogP contribution in [-0.4, -0.2) is 19.6 Å². The zero-order valence-corrected chi connectivity index (χ0v) is 34.3. The summed E-state index contributed by atoms with van der Waals surface area (Å²) in [5.74, 6) is 0.644. The molecule has 0 aliphatic heterocycles. The largest absolute Gasteiger partial charge is 0.507 e. The number of fused-ring (bicyclic) bond motifs is 4. The zero-order valence-electron chi connectivity index (χ0n) is 32.1. The number of benzene rings is 8. The molecule has 11 rings (SSSR count). The van der Waals surface area contributed by atoms with Crippen LogP contribution in [0.25, 0.3) is 106 Å². The summed E-state index contributed by atoms with van der Waals surface area (Å²) >= 11 is 0. The van der Waals surface area contributed by atoms with Crippen LogP contribution in [0, 0.1) is 6.07 Å². The van der Waals surface area contributed by atoms with Gasteiger partial charge in [-0.2, -0.15) is 0 Å². The summed E-state index contributed by atoms with van der Waals surface area (Å²) in [6.07, 6.45) is 1.87. The number of hydrogen-bond donors (Lipinski definition) is 1. The van der Waals surface area contributed by atoms with E-state index in [0.29, 0.717) is 17.0 Å². The Morgan fingerprint density at radius 3 is 1.95 bits per heavy atom. The predicted molar refractivity (Wildman–Crippen MR) is 239 cm³/mol. The van der Waals surface area contributed by atoms with Crippen LogP contribution in [-0.2, 0) is 21.1 Å². The van der Waals surface area contributed by atoms with Crippen LogP contribution in [0.4, 0.5) is 0 Å². The standard InChI is InChI=1S/C54H34N3O2.Pt/c58-49-28-27-45-44-22-11-13-26-50(44)59-53(45)51(49)54-56-52-43(23-14-25-48(52)57(54)47-24-12-10-21-42(47)37-19-8-3-9-20-37)40-31-39(36-17-6-2-7-18-36)32-41(33-40)46-34-38(29-30-55-46)35-15-4-1-5-16-35;/h1-32,34,58H;/q-1;. The first-order valence-electron chi connectivity index (χ1n) is 19.6. The van der Waals surface area contributed by atoms with Crippen LogP contribution in [0.15, 0.2) is 205 Å². The molecule has 0 saturated carbocycles. The van der Waals surface area contributed by atoms with Crippen LogP contribution in [0.3, 0.4) is 0 Å². The maximum Gasteiger partial charge on any atom is 0.152 e. The van der Waals surface area contributed by atoms with Crippen LogP contribution < -0.4 is 0 Å². The molecule has 0 amide bonds. The van der Waals surface area contributed by atoms with Gasteiger partial charge in [0.05, 0.1) is 16.7 Å². The van der Waals surface area contributed by atoms with Crippen LogP contribution in [0.2, 0.25) is 0 Å². The summed E-state index contributed by atoms with van der Waals surface area (Å²) in [4.78, 5) is 10.4. The number of aromatic hydroxyl groups is 1. The van der Waals surface area contributed by atoms with Crippen molar-refractivity contribution in [1.82, 2.24) is 14.5 Å². The summed E-state index contributed by atoms with van der Waals surface area (Å²) in [5, 5.41) is 13.7. The predicted octanol–water partition coefficient (Wildman–Crippen LogP) is 13.8. The summed E-state index contributed by atoms with van der Waals surface area (Å²) < 4.78 is 8.74. The van der Waals surface area contributed by atoms with Gasteiger partial charge in [-0.3, -0.25) is 9.55 Å². The number of aromatic nitrogens is 3. The van der Waals surface area contributed by atoms with Crippen molar-refractivity contribution in [3.63, 3.8) is 0 Å². The van der Waals surface area contributed by atoms with E-state index in [1.54, 1.807) is 6.07 Å². The van der Waals surface area contributed by atoms with Gasteiger partial charge in [-0.15, -0.1) is 23.8 Å². The first-order valence-corrected chi connectivity index (χ1v) is 19.6. The van der Waals surface area contributed by atoms with E-state index in [2.05, 4.69) is 138 Å². The minimum atomic E-state index is 0. The Balaban J connectivity index is 0.00000433. The summed E-state index contributed by atoms with van der Waals surface area (Å²) in [6.45, 7) is 0. The van der Waals surface area contributed by atoms with Gasteiger partial charge in [0.1, 0.15) is 22.5 Å². The number of pyridine rings is 1. The quantitative estimate of drug-likeness (QED) is 0.162. The Hall–Kier alpha value is -7.33. The molecule has 1 N–H and O–H groups in total. The van der Waals surface area contributed by atoms with Crippen molar-refractivity contribution in [2.45, 2.75) is 0 Å². The van der Waals surface area contributed by atoms with Gasteiger partial charge in [-0.1, -0.05) is 162 Å².